The molecular weight excluding hydrogens is 597 g/mol. The Morgan fingerprint density at radius 1 is 0.469 bits per heavy atom. The minimum atomic E-state index is -0.591. The van der Waals surface area contributed by atoms with E-state index in [0.717, 1.165) is 33.5 Å². The number of nitrogens with zero attached hydrogens (tertiary/aromatic N) is 4. The lowest BCUT2D eigenvalue weighted by Crippen LogP contribution is -2.29. The zero-order chi connectivity index (χ0) is 32.4. The molecule has 0 fully saturated rings. The molecule has 0 unspecified atom stereocenters. The monoisotopic (exact) mass is 626 g/mol. The number of para-hydroxylation sites is 2. The van der Waals surface area contributed by atoms with Crippen LogP contribution in [0.1, 0.15) is 22.4 Å². The zero-order valence-electron chi connectivity index (χ0n) is 26.6. The summed E-state index contributed by atoms with van der Waals surface area (Å²) in [6, 6.07) is 62.3. The SMILES string of the molecule is c1ccc(-c2cc(-c3ccccc3)nc(-n3c4ccccc4c4cn5c(c43)C(c3ccccc3)(c3ccccc3)c3ccccc3-5)n2)cc1. The van der Waals surface area contributed by atoms with Gasteiger partial charge in [-0.3, -0.25) is 4.57 Å². The smallest absolute Gasteiger partial charge is 0.235 e. The highest BCUT2D eigenvalue weighted by atomic mass is 15.2. The molecule has 0 radical (unpaired) electrons. The third-order valence-corrected chi connectivity index (χ3v) is 10.0. The molecular formula is C45H30N4. The normalized spacial score (nSPS) is 13.1. The quantitative estimate of drug-likeness (QED) is 0.191. The Bertz CT molecular complexity index is 2540. The van der Waals surface area contributed by atoms with Crippen LogP contribution in [0.15, 0.2) is 182 Å². The van der Waals surface area contributed by atoms with Crippen molar-refractivity contribution in [1.82, 2.24) is 19.1 Å². The van der Waals surface area contributed by atoms with Gasteiger partial charge in [-0.15, -0.1) is 0 Å². The molecule has 4 heterocycles. The van der Waals surface area contributed by atoms with E-state index in [1.54, 1.807) is 0 Å². The van der Waals surface area contributed by atoms with Gasteiger partial charge in [-0.05, 0) is 34.9 Å². The van der Waals surface area contributed by atoms with Crippen LogP contribution in [-0.2, 0) is 5.41 Å². The van der Waals surface area contributed by atoms with E-state index in [0.29, 0.717) is 5.95 Å². The van der Waals surface area contributed by atoms with E-state index in [2.05, 4.69) is 179 Å². The van der Waals surface area contributed by atoms with Crippen LogP contribution in [0, 0.1) is 0 Å². The summed E-state index contributed by atoms with van der Waals surface area (Å²) in [5.41, 5.74) is 11.5. The van der Waals surface area contributed by atoms with Gasteiger partial charge in [0.25, 0.3) is 0 Å². The summed E-state index contributed by atoms with van der Waals surface area (Å²) in [4.78, 5) is 10.7. The largest absolute Gasteiger partial charge is 0.316 e. The Kier molecular flexibility index (Phi) is 6.06. The zero-order valence-corrected chi connectivity index (χ0v) is 26.6. The van der Waals surface area contributed by atoms with Crippen LogP contribution in [0.2, 0.25) is 0 Å². The second kappa shape index (κ2) is 10.8. The maximum absolute atomic E-state index is 5.36. The predicted octanol–water partition coefficient (Wildman–Crippen LogP) is 10.4. The van der Waals surface area contributed by atoms with Gasteiger partial charge in [0.2, 0.25) is 5.95 Å². The summed E-state index contributed by atoms with van der Waals surface area (Å²) in [7, 11) is 0. The van der Waals surface area contributed by atoms with Gasteiger partial charge in [0.15, 0.2) is 0 Å². The van der Waals surface area contributed by atoms with Gasteiger partial charge >= 0.3 is 0 Å². The molecule has 4 heteroatoms. The highest BCUT2D eigenvalue weighted by Crippen LogP contribution is 2.55. The summed E-state index contributed by atoms with van der Waals surface area (Å²) in [6.45, 7) is 0. The molecule has 0 N–H and O–H groups in total. The topological polar surface area (TPSA) is 35.6 Å². The van der Waals surface area contributed by atoms with E-state index in [-0.39, 0.29) is 0 Å². The molecule has 0 saturated carbocycles. The fraction of sp³-hybridized carbons (Fsp3) is 0.0222. The van der Waals surface area contributed by atoms with Crippen LogP contribution < -0.4 is 0 Å². The second-order valence-corrected chi connectivity index (χ2v) is 12.6. The van der Waals surface area contributed by atoms with Crippen molar-refractivity contribution in [3.05, 3.63) is 205 Å². The molecule has 230 valence electrons. The van der Waals surface area contributed by atoms with Gasteiger partial charge < -0.3 is 4.57 Å². The van der Waals surface area contributed by atoms with Gasteiger partial charge in [0.05, 0.1) is 39.2 Å². The Hall–Kier alpha value is -6.52. The number of benzene rings is 6. The van der Waals surface area contributed by atoms with Crippen molar-refractivity contribution in [1.29, 1.82) is 0 Å². The molecule has 0 aliphatic carbocycles. The first-order valence-corrected chi connectivity index (χ1v) is 16.7. The van der Waals surface area contributed by atoms with Gasteiger partial charge in [0, 0.05) is 28.1 Å². The highest BCUT2D eigenvalue weighted by molar-refractivity contribution is 6.11. The molecule has 0 bridgehead atoms. The van der Waals surface area contributed by atoms with Crippen molar-refractivity contribution in [2.75, 3.05) is 0 Å². The van der Waals surface area contributed by atoms with Crippen molar-refractivity contribution in [2.45, 2.75) is 5.41 Å². The maximum Gasteiger partial charge on any atom is 0.235 e. The lowest BCUT2D eigenvalue weighted by molar-refractivity contribution is 0.746. The molecule has 0 spiro atoms. The minimum absolute atomic E-state index is 0.591. The van der Waals surface area contributed by atoms with E-state index in [4.69, 9.17) is 9.97 Å². The van der Waals surface area contributed by atoms with Gasteiger partial charge in [-0.25, -0.2) is 9.97 Å². The summed E-state index contributed by atoms with van der Waals surface area (Å²) in [6.07, 6.45) is 2.33. The first kappa shape index (κ1) is 27.6. The van der Waals surface area contributed by atoms with Crippen molar-refractivity contribution in [2.24, 2.45) is 0 Å². The first-order valence-electron chi connectivity index (χ1n) is 16.7. The number of hydrogen-bond donors (Lipinski definition) is 0. The summed E-state index contributed by atoms with van der Waals surface area (Å²) < 4.78 is 4.73. The second-order valence-electron chi connectivity index (χ2n) is 12.6. The number of aromatic nitrogens is 4. The Morgan fingerprint density at radius 3 is 1.59 bits per heavy atom. The lowest BCUT2D eigenvalue weighted by atomic mass is 9.68. The molecule has 4 nitrogen and oxygen atoms in total. The first-order chi connectivity index (χ1) is 24.3. The fourth-order valence-electron chi connectivity index (χ4n) is 8.00. The van der Waals surface area contributed by atoms with Crippen molar-refractivity contribution in [3.63, 3.8) is 0 Å². The van der Waals surface area contributed by atoms with Crippen molar-refractivity contribution < 1.29 is 0 Å². The highest BCUT2D eigenvalue weighted by Gasteiger charge is 2.49. The number of hydrogen-bond acceptors (Lipinski definition) is 2. The summed E-state index contributed by atoms with van der Waals surface area (Å²) >= 11 is 0. The standard InChI is InChI=1S/C45H30N4/c1-5-17-31(18-6-1)38-29-39(32-19-7-2-8-20-32)47-44(46-38)49-40-27-15-13-25-35(40)36-30-48-41-28-16-14-26-37(41)45(43(48)42(36)49,33-21-9-3-10-22-33)34-23-11-4-12-24-34/h1-30H. The van der Waals surface area contributed by atoms with Gasteiger partial charge in [-0.1, -0.05) is 158 Å². The van der Waals surface area contributed by atoms with Crippen molar-refractivity contribution in [3.8, 4) is 34.2 Å². The van der Waals surface area contributed by atoms with E-state index >= 15 is 0 Å². The minimum Gasteiger partial charge on any atom is -0.316 e. The Labute approximate surface area is 284 Å². The van der Waals surface area contributed by atoms with Crippen LogP contribution >= 0.6 is 0 Å². The molecule has 6 aromatic carbocycles. The Balaban J connectivity index is 1.38. The molecule has 1 aliphatic rings. The lowest BCUT2D eigenvalue weighted by Gasteiger charge is -2.32. The van der Waals surface area contributed by atoms with Crippen LogP contribution in [0.4, 0.5) is 0 Å². The summed E-state index contributed by atoms with van der Waals surface area (Å²) in [5.74, 6) is 0.645. The van der Waals surface area contributed by atoms with Gasteiger partial charge in [0.1, 0.15) is 0 Å². The van der Waals surface area contributed by atoms with Crippen LogP contribution in [0.25, 0.3) is 56.0 Å². The summed E-state index contributed by atoms with van der Waals surface area (Å²) in [5, 5.41) is 2.34. The molecule has 3 aromatic heterocycles. The van der Waals surface area contributed by atoms with Gasteiger partial charge in [-0.2, -0.15) is 0 Å². The number of fused-ring (bicyclic) bond motifs is 7. The van der Waals surface area contributed by atoms with Crippen LogP contribution in [0.3, 0.4) is 0 Å². The third kappa shape index (κ3) is 3.98. The van der Waals surface area contributed by atoms with E-state index < -0.39 is 5.41 Å². The van der Waals surface area contributed by atoms with Crippen LogP contribution in [0.5, 0.6) is 0 Å². The molecule has 0 amide bonds. The molecule has 0 saturated heterocycles. The Morgan fingerprint density at radius 2 is 0.980 bits per heavy atom. The average molecular weight is 627 g/mol. The van der Waals surface area contributed by atoms with E-state index in [1.165, 1.54) is 38.8 Å². The maximum atomic E-state index is 5.36. The third-order valence-electron chi connectivity index (χ3n) is 10.0. The molecule has 0 atom stereocenters. The average Bonchev–Trinajstić information content (AvgIpc) is 3.81. The molecule has 9 aromatic rings. The fourth-order valence-corrected chi connectivity index (χ4v) is 8.00. The predicted molar refractivity (Wildman–Crippen MR) is 198 cm³/mol. The van der Waals surface area contributed by atoms with Crippen molar-refractivity contribution >= 4 is 21.8 Å². The number of rotatable bonds is 5. The van der Waals surface area contributed by atoms with E-state index in [1.807, 2.05) is 12.1 Å². The van der Waals surface area contributed by atoms with Crippen LogP contribution in [-0.4, -0.2) is 19.1 Å². The molecule has 49 heavy (non-hydrogen) atoms. The molecule has 10 rings (SSSR count). The molecule has 1 aliphatic heterocycles. The van der Waals surface area contributed by atoms with E-state index in [9.17, 15) is 0 Å².